The predicted octanol–water partition coefficient (Wildman–Crippen LogP) is 3.37. The summed E-state index contributed by atoms with van der Waals surface area (Å²) in [5, 5.41) is 10.4. The molecule has 0 unspecified atom stereocenters. The molecule has 10 radical (unpaired) electrons. The molecule has 20 heavy (non-hydrogen) atoms. The van der Waals surface area contributed by atoms with Crippen LogP contribution in [-0.2, 0) is 17.1 Å². The molecule has 3 nitrogen and oxygen atoms in total. The molecule has 0 bridgehead atoms. The van der Waals surface area contributed by atoms with Crippen molar-refractivity contribution in [2.75, 3.05) is 0 Å². The van der Waals surface area contributed by atoms with Crippen molar-refractivity contribution in [3.8, 4) is 0 Å². The van der Waals surface area contributed by atoms with Crippen LogP contribution in [0.5, 0.6) is 0 Å². The van der Waals surface area contributed by atoms with Crippen LogP contribution in [0.1, 0.15) is 5.56 Å². The third kappa shape index (κ3) is 5.26. The largest absolute Gasteiger partial charge is 2.00 e. The van der Waals surface area contributed by atoms with Crippen molar-refractivity contribution in [2.24, 2.45) is 0 Å². The second-order valence-corrected chi connectivity index (χ2v) is 3.94. The fourth-order valence-corrected chi connectivity index (χ4v) is 1.66. The molecular weight excluding hydrogens is 294 g/mol. The number of nitrogens with zero attached hydrogens (tertiary/aromatic N) is 1. The van der Waals surface area contributed by atoms with E-state index in [0.717, 1.165) is 11.5 Å². The van der Waals surface area contributed by atoms with Gasteiger partial charge in [0.1, 0.15) is 0 Å². The van der Waals surface area contributed by atoms with Gasteiger partial charge in [0.05, 0.1) is 4.92 Å². The van der Waals surface area contributed by atoms with Gasteiger partial charge in [-0.25, -0.2) is 0 Å². The molecule has 1 aromatic carbocycles. The fourth-order valence-electron chi connectivity index (χ4n) is 1.66. The Morgan fingerprint density at radius 1 is 0.750 bits per heavy atom. The Balaban J connectivity index is 0.000000283. The summed E-state index contributed by atoms with van der Waals surface area (Å²) in [6.07, 6.45) is 17.8. The first-order valence-electron chi connectivity index (χ1n) is 5.90. The average Bonchev–Trinajstić information content (AvgIpc) is 3.15. The fraction of sp³-hybridized carbons (Fsp3) is 0. The molecule has 0 amide bonds. The first kappa shape index (κ1) is 17.2. The summed E-state index contributed by atoms with van der Waals surface area (Å²) in [5.41, 5.74) is 1.13. The smallest absolute Gasteiger partial charge is 0.258 e. The maximum Gasteiger partial charge on any atom is 2.00 e. The zero-order valence-electron chi connectivity index (χ0n) is 10.6. The summed E-state index contributed by atoms with van der Waals surface area (Å²) in [5.74, 6) is 1.08. The summed E-state index contributed by atoms with van der Waals surface area (Å²) in [7, 11) is 0. The Labute approximate surface area is 131 Å². The van der Waals surface area contributed by atoms with Crippen LogP contribution in [0.15, 0.2) is 24.3 Å². The SMILES string of the molecule is O=[N+]([O-])c1ccc([C]2[CH][CH][CH][CH]2)cc1.[CH]1[CH][CH][CH][CH]1.[Fe+2]. The molecule has 4 heteroatoms. The van der Waals surface area contributed by atoms with E-state index in [-0.39, 0.29) is 22.8 Å². The molecule has 3 rings (SSSR count). The summed E-state index contributed by atoms with van der Waals surface area (Å²) in [4.78, 5) is 10.0. The Morgan fingerprint density at radius 2 is 1.20 bits per heavy atom. The number of non-ortho nitro benzene ring substituents is 1. The molecule has 0 saturated heterocycles. The molecule has 2 aliphatic rings. The molecule has 0 heterocycles. The zero-order chi connectivity index (χ0) is 13.5. The molecule has 0 atom stereocenters. The first-order chi connectivity index (χ1) is 9.27. The van der Waals surface area contributed by atoms with E-state index < -0.39 is 4.92 Å². The van der Waals surface area contributed by atoms with Gasteiger partial charge < -0.3 is 0 Å². The van der Waals surface area contributed by atoms with Crippen molar-refractivity contribution in [2.45, 2.75) is 0 Å². The van der Waals surface area contributed by atoms with Crippen molar-refractivity contribution in [3.63, 3.8) is 0 Å². The van der Waals surface area contributed by atoms with E-state index >= 15 is 0 Å². The number of benzene rings is 1. The molecule has 0 N–H and O–H groups in total. The maximum atomic E-state index is 10.4. The molecule has 2 fully saturated rings. The number of hydrogen-bond acceptors (Lipinski definition) is 2. The Bertz CT molecular complexity index is 388. The molecule has 0 aliphatic heterocycles. The van der Waals surface area contributed by atoms with Gasteiger partial charge in [0.15, 0.2) is 0 Å². The quantitative estimate of drug-likeness (QED) is 0.477. The summed E-state index contributed by atoms with van der Waals surface area (Å²) >= 11 is 0. The van der Waals surface area contributed by atoms with E-state index in [1.165, 1.54) is 12.1 Å². The van der Waals surface area contributed by atoms with E-state index in [0.29, 0.717) is 0 Å². The zero-order valence-corrected chi connectivity index (χ0v) is 11.7. The van der Waals surface area contributed by atoms with Crippen LogP contribution in [-0.4, -0.2) is 4.92 Å². The molecule has 2 saturated carbocycles. The Hall–Kier alpha value is -0.861. The van der Waals surface area contributed by atoms with Gasteiger partial charge in [0.25, 0.3) is 5.69 Å². The van der Waals surface area contributed by atoms with Gasteiger partial charge in [-0.05, 0) is 63.4 Å². The number of hydrogen-bond donors (Lipinski definition) is 0. The average molecular weight is 307 g/mol. The van der Waals surface area contributed by atoms with Crippen molar-refractivity contribution in [1.82, 2.24) is 0 Å². The maximum absolute atomic E-state index is 10.4. The standard InChI is InChI=1S/C11H8NO2.C5H5.Fe/c13-12(14)11-7-5-10(6-8-11)9-3-1-2-4-9;1-2-4-5-3-1;/h1-8H;1-5H;/q;;+2. The van der Waals surface area contributed by atoms with Crippen molar-refractivity contribution in [1.29, 1.82) is 0 Å². The van der Waals surface area contributed by atoms with Gasteiger partial charge in [0.2, 0.25) is 0 Å². The van der Waals surface area contributed by atoms with Crippen LogP contribution in [0.2, 0.25) is 0 Å². The number of nitro groups is 1. The van der Waals surface area contributed by atoms with E-state index in [4.69, 9.17) is 0 Å². The van der Waals surface area contributed by atoms with Gasteiger partial charge in [-0.3, -0.25) is 10.1 Å². The van der Waals surface area contributed by atoms with Gasteiger partial charge in [-0.2, -0.15) is 0 Å². The van der Waals surface area contributed by atoms with Crippen LogP contribution < -0.4 is 0 Å². The van der Waals surface area contributed by atoms with Crippen molar-refractivity contribution >= 4 is 5.69 Å². The second-order valence-electron chi connectivity index (χ2n) is 3.94. The van der Waals surface area contributed by atoms with Gasteiger partial charge >= 0.3 is 17.1 Å². The van der Waals surface area contributed by atoms with E-state index in [1.54, 1.807) is 12.1 Å². The van der Waals surface area contributed by atoms with Crippen LogP contribution in [0.3, 0.4) is 0 Å². The third-order valence-corrected chi connectivity index (χ3v) is 2.63. The number of nitro benzene ring substituents is 1. The van der Waals surface area contributed by atoms with Crippen LogP contribution in [0, 0.1) is 73.8 Å². The van der Waals surface area contributed by atoms with E-state index in [9.17, 15) is 10.1 Å². The number of rotatable bonds is 2. The van der Waals surface area contributed by atoms with Crippen LogP contribution >= 0.6 is 0 Å². The molecular formula is C16H13FeNO2+2. The Morgan fingerprint density at radius 3 is 1.60 bits per heavy atom. The topological polar surface area (TPSA) is 43.1 Å². The van der Waals surface area contributed by atoms with E-state index in [1.807, 2.05) is 57.8 Å². The van der Waals surface area contributed by atoms with Crippen LogP contribution in [0.4, 0.5) is 5.69 Å². The minimum atomic E-state index is -0.394. The van der Waals surface area contributed by atoms with Crippen LogP contribution in [0.25, 0.3) is 0 Å². The van der Waals surface area contributed by atoms with Gasteiger partial charge in [-0.1, -0.05) is 12.1 Å². The predicted molar refractivity (Wildman–Crippen MR) is 74.1 cm³/mol. The van der Waals surface area contributed by atoms with Crippen molar-refractivity contribution in [3.05, 3.63) is 104 Å². The van der Waals surface area contributed by atoms with Crippen molar-refractivity contribution < 1.29 is 22.0 Å². The minimum Gasteiger partial charge on any atom is -0.258 e. The molecule has 0 spiro atoms. The molecule has 1 aromatic rings. The molecule has 100 valence electrons. The third-order valence-electron chi connectivity index (χ3n) is 2.63. The van der Waals surface area contributed by atoms with E-state index in [2.05, 4.69) is 0 Å². The monoisotopic (exact) mass is 307 g/mol. The van der Waals surface area contributed by atoms with Gasteiger partial charge in [-0.15, -0.1) is 0 Å². The summed E-state index contributed by atoms with van der Waals surface area (Å²) in [6, 6.07) is 6.55. The second kappa shape index (κ2) is 9.14. The molecule has 2 aliphatic carbocycles. The Kier molecular flexibility index (Phi) is 7.86. The first-order valence-corrected chi connectivity index (χ1v) is 5.90. The normalized spacial score (nSPS) is 18.0. The van der Waals surface area contributed by atoms with Gasteiger partial charge in [0, 0.05) is 18.1 Å². The molecule has 0 aromatic heterocycles. The minimum absolute atomic E-state index is 0. The summed E-state index contributed by atoms with van der Waals surface area (Å²) in [6.45, 7) is 0. The summed E-state index contributed by atoms with van der Waals surface area (Å²) < 4.78 is 0.